The summed E-state index contributed by atoms with van der Waals surface area (Å²) < 4.78 is 0. The van der Waals surface area contributed by atoms with E-state index in [4.69, 9.17) is 11.6 Å². The summed E-state index contributed by atoms with van der Waals surface area (Å²) in [5, 5.41) is 0. The van der Waals surface area contributed by atoms with E-state index in [-0.39, 0.29) is 0 Å². The smallest absolute Gasteiger partial charge is 0.0280 e. The van der Waals surface area contributed by atoms with Crippen molar-refractivity contribution < 1.29 is 0 Å². The Kier molecular flexibility index (Phi) is 1.81. The fraction of sp³-hybridized carbons (Fsp3) is 0.571. The van der Waals surface area contributed by atoms with E-state index in [0.29, 0.717) is 10.8 Å². The van der Waals surface area contributed by atoms with E-state index in [1.807, 2.05) is 0 Å². The molecule has 0 amide bonds. The molecule has 3 aliphatic carbocycles. The topological polar surface area (TPSA) is 0 Å². The van der Waals surface area contributed by atoms with Gasteiger partial charge >= 0.3 is 0 Å². The van der Waals surface area contributed by atoms with Crippen LogP contribution in [-0.4, -0.2) is 5.88 Å². The van der Waals surface area contributed by atoms with Crippen LogP contribution < -0.4 is 0 Å². The predicted octanol–water partition coefficient (Wildman–Crippen LogP) is 3.96. The highest BCUT2D eigenvalue weighted by Crippen LogP contribution is 2.74. The number of hydrogen-bond donors (Lipinski definition) is 0. The van der Waals surface area contributed by atoms with Gasteiger partial charge in [0.2, 0.25) is 0 Å². The highest BCUT2D eigenvalue weighted by atomic mass is 35.5. The molecule has 2 bridgehead atoms. The van der Waals surface area contributed by atoms with E-state index in [2.05, 4.69) is 32.0 Å². The molecule has 1 heteroatoms. The summed E-state index contributed by atoms with van der Waals surface area (Å²) in [6, 6.07) is 6.89. The maximum atomic E-state index is 6.00. The van der Waals surface area contributed by atoms with Gasteiger partial charge in [-0.05, 0) is 55.1 Å². The average molecular weight is 221 g/mol. The molecular weight excluding hydrogens is 204 g/mol. The van der Waals surface area contributed by atoms with Gasteiger partial charge in [0.15, 0.2) is 0 Å². The van der Waals surface area contributed by atoms with E-state index >= 15 is 0 Å². The Balaban J connectivity index is 1.91. The summed E-state index contributed by atoms with van der Waals surface area (Å²) >= 11 is 6.00. The monoisotopic (exact) mass is 220 g/mol. The predicted molar refractivity (Wildman–Crippen MR) is 64.6 cm³/mol. The van der Waals surface area contributed by atoms with Crippen molar-refractivity contribution in [2.45, 2.75) is 38.5 Å². The van der Waals surface area contributed by atoms with Crippen LogP contribution in [0.5, 0.6) is 0 Å². The van der Waals surface area contributed by atoms with Crippen LogP contribution in [0.15, 0.2) is 18.2 Å². The fourth-order valence-corrected chi connectivity index (χ4v) is 4.12. The molecule has 1 aromatic carbocycles. The van der Waals surface area contributed by atoms with Crippen molar-refractivity contribution >= 4 is 11.6 Å². The van der Waals surface area contributed by atoms with E-state index in [9.17, 15) is 0 Å². The van der Waals surface area contributed by atoms with Crippen LogP contribution in [0.25, 0.3) is 0 Å². The summed E-state index contributed by atoms with van der Waals surface area (Å²) in [6.07, 6.45) is 3.98. The van der Waals surface area contributed by atoms with Gasteiger partial charge in [0.25, 0.3) is 0 Å². The van der Waals surface area contributed by atoms with Crippen molar-refractivity contribution in [1.29, 1.82) is 0 Å². The van der Waals surface area contributed by atoms with E-state index in [1.165, 1.54) is 30.4 Å². The Labute approximate surface area is 96.6 Å². The molecule has 0 atom stereocenters. The summed E-state index contributed by atoms with van der Waals surface area (Å²) in [7, 11) is 0. The normalized spacial score (nSPS) is 37.0. The maximum Gasteiger partial charge on any atom is 0.0280 e. The first-order valence-corrected chi connectivity index (χ1v) is 6.26. The minimum absolute atomic E-state index is 0.521. The zero-order valence-electron chi connectivity index (χ0n) is 9.44. The third kappa shape index (κ3) is 1.15. The van der Waals surface area contributed by atoms with E-state index in [1.54, 1.807) is 5.56 Å². The Morgan fingerprint density at radius 3 is 2.40 bits per heavy atom. The van der Waals surface area contributed by atoms with Gasteiger partial charge in [0.05, 0.1) is 0 Å². The molecule has 0 unspecified atom stereocenters. The van der Waals surface area contributed by atoms with Gasteiger partial charge in [-0.25, -0.2) is 0 Å². The highest BCUT2D eigenvalue weighted by molar-refractivity contribution is 6.18. The molecule has 15 heavy (non-hydrogen) atoms. The van der Waals surface area contributed by atoms with Crippen LogP contribution >= 0.6 is 11.6 Å². The van der Waals surface area contributed by atoms with Crippen molar-refractivity contribution in [2.75, 3.05) is 5.88 Å². The van der Waals surface area contributed by atoms with Crippen molar-refractivity contribution in [2.24, 2.45) is 5.41 Å². The number of benzene rings is 1. The SMILES string of the molecule is Cc1ccc(C23CC(CCl)(C2)C3)c(C)c1. The third-order valence-corrected chi connectivity index (χ3v) is 4.94. The molecule has 0 radical (unpaired) electrons. The lowest BCUT2D eigenvalue weighted by atomic mass is 9.34. The molecule has 3 saturated carbocycles. The molecule has 0 heterocycles. The van der Waals surface area contributed by atoms with Crippen LogP contribution in [0, 0.1) is 19.3 Å². The molecular formula is C14H17Cl. The van der Waals surface area contributed by atoms with Gasteiger partial charge in [-0.1, -0.05) is 23.8 Å². The van der Waals surface area contributed by atoms with E-state index in [0.717, 1.165) is 5.88 Å². The van der Waals surface area contributed by atoms with Crippen LogP contribution in [0.4, 0.5) is 0 Å². The third-order valence-electron chi connectivity index (χ3n) is 4.38. The molecule has 0 spiro atoms. The number of halogens is 1. The Morgan fingerprint density at radius 2 is 1.87 bits per heavy atom. The summed E-state index contributed by atoms with van der Waals surface area (Å²) in [6.45, 7) is 4.41. The first kappa shape index (κ1) is 9.72. The minimum Gasteiger partial charge on any atom is -0.126 e. The number of hydrogen-bond acceptors (Lipinski definition) is 0. The second-order valence-corrected chi connectivity index (χ2v) is 6.03. The van der Waals surface area contributed by atoms with Gasteiger partial charge < -0.3 is 0 Å². The lowest BCUT2D eigenvalue weighted by Crippen LogP contribution is -2.65. The molecule has 0 nitrogen and oxygen atoms in total. The molecule has 0 aliphatic heterocycles. The van der Waals surface area contributed by atoms with Crippen molar-refractivity contribution in [3.8, 4) is 0 Å². The minimum atomic E-state index is 0.521. The quantitative estimate of drug-likeness (QED) is 0.662. The lowest BCUT2D eigenvalue weighted by molar-refractivity contribution is -0.122. The van der Waals surface area contributed by atoms with Crippen molar-refractivity contribution in [3.63, 3.8) is 0 Å². The van der Waals surface area contributed by atoms with Crippen LogP contribution in [0.1, 0.15) is 36.0 Å². The van der Waals surface area contributed by atoms with Crippen LogP contribution in [0.3, 0.4) is 0 Å². The zero-order chi connectivity index (χ0) is 10.7. The average Bonchev–Trinajstić information content (AvgIpc) is 2.04. The van der Waals surface area contributed by atoms with Gasteiger partial charge in [0, 0.05) is 5.88 Å². The molecule has 4 rings (SSSR count). The first-order chi connectivity index (χ1) is 7.09. The highest BCUT2D eigenvalue weighted by Gasteiger charge is 2.67. The molecule has 3 aliphatic rings. The Hall–Kier alpha value is -0.490. The molecule has 3 fully saturated rings. The number of alkyl halides is 1. The van der Waals surface area contributed by atoms with Gasteiger partial charge in [-0.2, -0.15) is 0 Å². The maximum absolute atomic E-state index is 6.00. The summed E-state index contributed by atoms with van der Waals surface area (Å²) in [5.41, 5.74) is 5.47. The lowest BCUT2D eigenvalue weighted by Gasteiger charge is -2.71. The molecule has 0 saturated heterocycles. The number of rotatable bonds is 2. The second-order valence-electron chi connectivity index (χ2n) is 5.76. The van der Waals surface area contributed by atoms with E-state index < -0.39 is 0 Å². The van der Waals surface area contributed by atoms with Crippen molar-refractivity contribution in [1.82, 2.24) is 0 Å². The first-order valence-electron chi connectivity index (χ1n) is 5.73. The van der Waals surface area contributed by atoms with Crippen LogP contribution in [-0.2, 0) is 5.41 Å². The summed E-state index contributed by atoms with van der Waals surface area (Å²) in [5.74, 6) is 0.861. The van der Waals surface area contributed by atoms with Gasteiger partial charge in [-0.3, -0.25) is 0 Å². The fourth-order valence-electron chi connectivity index (χ4n) is 3.83. The zero-order valence-corrected chi connectivity index (χ0v) is 10.2. The Bertz CT molecular complexity index is 400. The van der Waals surface area contributed by atoms with Crippen molar-refractivity contribution in [3.05, 3.63) is 34.9 Å². The van der Waals surface area contributed by atoms with Crippen LogP contribution in [0.2, 0.25) is 0 Å². The largest absolute Gasteiger partial charge is 0.126 e. The molecule has 0 N–H and O–H groups in total. The number of aryl methyl sites for hydroxylation is 2. The summed E-state index contributed by atoms with van der Waals surface area (Å²) in [4.78, 5) is 0. The Morgan fingerprint density at radius 1 is 1.20 bits per heavy atom. The standard InChI is InChI=1S/C14H17Cl/c1-10-3-4-12(11(2)5-10)14-6-13(7-14,8-14)9-15/h3-5H,6-9H2,1-2H3. The molecule has 0 aromatic heterocycles. The molecule has 80 valence electrons. The molecule has 1 aromatic rings. The van der Waals surface area contributed by atoms with Gasteiger partial charge in [-0.15, -0.1) is 11.6 Å². The second kappa shape index (κ2) is 2.79. The van der Waals surface area contributed by atoms with Gasteiger partial charge in [0.1, 0.15) is 0 Å².